The van der Waals surface area contributed by atoms with Gasteiger partial charge in [0.25, 0.3) is 0 Å². The van der Waals surface area contributed by atoms with Gasteiger partial charge in [0.1, 0.15) is 5.75 Å². The molecule has 0 atom stereocenters. The Labute approximate surface area is 176 Å². The molecular weight excluding hydrogens is 416 g/mol. The van der Waals surface area contributed by atoms with E-state index in [0.29, 0.717) is 35.0 Å². The molecule has 0 aromatic heterocycles. The van der Waals surface area contributed by atoms with Crippen LogP contribution in [-0.4, -0.2) is 69.5 Å². The standard InChI is InChI=1S/C20H25ClN2O5S/c1-14-5-7-16(29(26,27)23(4)10-9-22(2)3)12-17(14)18-11-15(21)6-8-19(18)28-13-20(24)25/h5-8,11-12H,9-10,13H2,1-4H3,(H,24,25). The van der Waals surface area contributed by atoms with Crippen molar-refractivity contribution in [1.82, 2.24) is 9.21 Å². The monoisotopic (exact) mass is 440 g/mol. The van der Waals surface area contributed by atoms with Crippen LogP contribution in [-0.2, 0) is 14.8 Å². The topological polar surface area (TPSA) is 87.2 Å². The summed E-state index contributed by atoms with van der Waals surface area (Å²) < 4.78 is 32.6. The zero-order valence-corrected chi connectivity index (χ0v) is 18.4. The van der Waals surface area contributed by atoms with Gasteiger partial charge in [-0.1, -0.05) is 17.7 Å². The normalized spacial score (nSPS) is 11.8. The molecule has 2 aromatic rings. The molecule has 7 nitrogen and oxygen atoms in total. The molecule has 9 heteroatoms. The Hall–Kier alpha value is -2.13. The molecule has 0 amide bonds. The fraction of sp³-hybridized carbons (Fsp3) is 0.350. The number of carboxylic acids is 1. The summed E-state index contributed by atoms with van der Waals surface area (Å²) in [5, 5.41) is 9.34. The molecule has 158 valence electrons. The second kappa shape index (κ2) is 9.58. The molecule has 0 saturated heterocycles. The Bertz CT molecular complexity index is 992. The van der Waals surface area contributed by atoms with Gasteiger partial charge >= 0.3 is 5.97 Å². The Kier molecular flexibility index (Phi) is 7.65. The molecule has 0 aliphatic carbocycles. The molecule has 0 saturated carbocycles. The predicted octanol–water partition coefficient (Wildman–Crippen LogP) is 2.96. The first kappa shape index (κ1) is 23.2. The summed E-state index contributed by atoms with van der Waals surface area (Å²) in [5.74, 6) is -0.795. The number of nitrogens with zero attached hydrogens (tertiary/aromatic N) is 2. The number of carboxylic acid groups (broad SMARTS) is 1. The van der Waals surface area contributed by atoms with Crippen molar-refractivity contribution in [2.45, 2.75) is 11.8 Å². The number of halogens is 1. The second-order valence-corrected chi connectivity index (χ2v) is 9.41. The maximum atomic E-state index is 13.0. The van der Waals surface area contributed by atoms with E-state index in [1.165, 1.54) is 4.31 Å². The summed E-state index contributed by atoms with van der Waals surface area (Å²) in [6.07, 6.45) is 0. The van der Waals surface area contributed by atoms with Crippen LogP contribution < -0.4 is 4.74 Å². The molecule has 0 spiro atoms. The van der Waals surface area contributed by atoms with E-state index >= 15 is 0 Å². The Balaban J connectivity index is 2.49. The molecule has 0 unspecified atom stereocenters. The van der Waals surface area contributed by atoms with Crippen LogP contribution in [0.4, 0.5) is 0 Å². The van der Waals surface area contributed by atoms with Gasteiger partial charge < -0.3 is 14.7 Å². The average Bonchev–Trinajstić information content (AvgIpc) is 2.65. The van der Waals surface area contributed by atoms with E-state index in [-0.39, 0.29) is 4.90 Å². The number of aryl methyl sites for hydroxylation is 1. The fourth-order valence-electron chi connectivity index (χ4n) is 2.67. The van der Waals surface area contributed by atoms with Gasteiger partial charge in [0, 0.05) is 30.7 Å². The highest BCUT2D eigenvalue weighted by atomic mass is 35.5. The SMILES string of the molecule is Cc1ccc(S(=O)(=O)N(C)CCN(C)C)cc1-c1cc(Cl)ccc1OCC(=O)O. The summed E-state index contributed by atoms with van der Waals surface area (Å²) in [5.41, 5.74) is 1.95. The van der Waals surface area contributed by atoms with Gasteiger partial charge in [-0.05, 0) is 62.5 Å². The summed E-state index contributed by atoms with van der Waals surface area (Å²) in [6.45, 7) is 2.26. The third-order valence-corrected chi connectivity index (χ3v) is 6.45. The highest BCUT2D eigenvalue weighted by Gasteiger charge is 2.22. The van der Waals surface area contributed by atoms with Crippen molar-refractivity contribution < 1.29 is 23.1 Å². The maximum absolute atomic E-state index is 13.0. The number of rotatable bonds is 9. The van der Waals surface area contributed by atoms with Gasteiger partial charge in [-0.3, -0.25) is 0 Å². The first-order chi connectivity index (χ1) is 13.5. The largest absolute Gasteiger partial charge is 0.481 e. The smallest absolute Gasteiger partial charge is 0.341 e. The highest BCUT2D eigenvalue weighted by molar-refractivity contribution is 7.89. The van der Waals surface area contributed by atoms with E-state index < -0.39 is 22.6 Å². The van der Waals surface area contributed by atoms with E-state index in [1.807, 2.05) is 25.9 Å². The van der Waals surface area contributed by atoms with E-state index in [0.717, 1.165) is 5.56 Å². The zero-order valence-electron chi connectivity index (χ0n) is 16.8. The summed E-state index contributed by atoms with van der Waals surface area (Å²) in [4.78, 5) is 12.9. The number of hydrogen-bond donors (Lipinski definition) is 1. The number of likely N-dealkylation sites (N-methyl/N-ethyl adjacent to an activating group) is 2. The lowest BCUT2D eigenvalue weighted by Gasteiger charge is -2.20. The number of sulfonamides is 1. The minimum absolute atomic E-state index is 0.142. The second-order valence-electron chi connectivity index (χ2n) is 6.93. The van der Waals surface area contributed by atoms with Crippen LogP contribution >= 0.6 is 11.6 Å². The predicted molar refractivity (Wildman–Crippen MR) is 113 cm³/mol. The van der Waals surface area contributed by atoms with Gasteiger partial charge in [-0.2, -0.15) is 4.31 Å². The quantitative estimate of drug-likeness (QED) is 0.645. The van der Waals surface area contributed by atoms with Crippen molar-refractivity contribution in [3.8, 4) is 16.9 Å². The molecular formula is C20H25ClN2O5S. The highest BCUT2D eigenvalue weighted by Crippen LogP contribution is 2.36. The van der Waals surface area contributed by atoms with Gasteiger partial charge in [0.15, 0.2) is 6.61 Å². The third kappa shape index (κ3) is 5.93. The van der Waals surface area contributed by atoms with Gasteiger partial charge in [-0.15, -0.1) is 0 Å². The summed E-state index contributed by atoms with van der Waals surface area (Å²) in [6, 6.07) is 9.63. The van der Waals surface area contributed by atoms with E-state index in [1.54, 1.807) is 43.4 Å². The van der Waals surface area contributed by atoms with E-state index in [4.69, 9.17) is 21.4 Å². The van der Waals surface area contributed by atoms with Crippen molar-refractivity contribution in [2.24, 2.45) is 0 Å². The zero-order chi connectivity index (χ0) is 21.8. The van der Waals surface area contributed by atoms with Gasteiger partial charge in [0.2, 0.25) is 10.0 Å². The molecule has 0 fully saturated rings. The minimum Gasteiger partial charge on any atom is -0.481 e. The van der Waals surface area contributed by atoms with Crippen LogP contribution in [0.2, 0.25) is 5.02 Å². The minimum atomic E-state index is -3.69. The van der Waals surface area contributed by atoms with Crippen molar-refractivity contribution in [3.63, 3.8) is 0 Å². The summed E-state index contributed by atoms with van der Waals surface area (Å²) >= 11 is 6.13. The first-order valence-electron chi connectivity index (χ1n) is 8.88. The van der Waals surface area contributed by atoms with Crippen molar-refractivity contribution >= 4 is 27.6 Å². The molecule has 0 radical (unpaired) electrons. The molecule has 2 rings (SSSR count). The third-order valence-electron chi connectivity index (χ3n) is 4.36. The van der Waals surface area contributed by atoms with Crippen molar-refractivity contribution in [2.75, 3.05) is 40.8 Å². The number of ether oxygens (including phenoxy) is 1. The molecule has 0 aliphatic rings. The Morgan fingerprint density at radius 1 is 1.07 bits per heavy atom. The summed E-state index contributed by atoms with van der Waals surface area (Å²) in [7, 11) is 1.60. The lowest BCUT2D eigenvalue weighted by Crippen LogP contribution is -2.33. The van der Waals surface area contributed by atoms with Crippen LogP contribution in [0.1, 0.15) is 5.56 Å². The molecule has 29 heavy (non-hydrogen) atoms. The Morgan fingerprint density at radius 2 is 1.76 bits per heavy atom. The van der Waals surface area contributed by atoms with Gasteiger partial charge in [-0.25, -0.2) is 13.2 Å². The van der Waals surface area contributed by atoms with Crippen LogP contribution in [0.15, 0.2) is 41.3 Å². The molecule has 0 heterocycles. The number of benzene rings is 2. The average molecular weight is 441 g/mol. The van der Waals surface area contributed by atoms with Crippen LogP contribution in [0.5, 0.6) is 5.75 Å². The fourth-order valence-corrected chi connectivity index (χ4v) is 4.03. The maximum Gasteiger partial charge on any atom is 0.341 e. The Morgan fingerprint density at radius 3 is 2.38 bits per heavy atom. The van der Waals surface area contributed by atoms with Crippen LogP contribution in [0.25, 0.3) is 11.1 Å². The number of aliphatic carboxylic acids is 1. The number of hydrogen-bond acceptors (Lipinski definition) is 5. The number of carbonyl (C=O) groups is 1. The molecule has 0 bridgehead atoms. The van der Waals surface area contributed by atoms with E-state index in [2.05, 4.69) is 0 Å². The lowest BCUT2D eigenvalue weighted by atomic mass is 10.00. The molecule has 2 aromatic carbocycles. The lowest BCUT2D eigenvalue weighted by molar-refractivity contribution is -0.139. The first-order valence-corrected chi connectivity index (χ1v) is 10.7. The van der Waals surface area contributed by atoms with Crippen LogP contribution in [0, 0.1) is 6.92 Å². The van der Waals surface area contributed by atoms with E-state index in [9.17, 15) is 13.2 Å². The molecule has 1 N–H and O–H groups in total. The molecule has 0 aliphatic heterocycles. The van der Waals surface area contributed by atoms with Crippen molar-refractivity contribution in [3.05, 3.63) is 47.0 Å². The van der Waals surface area contributed by atoms with Gasteiger partial charge in [0.05, 0.1) is 4.90 Å². The van der Waals surface area contributed by atoms with Crippen molar-refractivity contribution in [1.29, 1.82) is 0 Å². The van der Waals surface area contributed by atoms with Crippen LogP contribution in [0.3, 0.4) is 0 Å².